The summed E-state index contributed by atoms with van der Waals surface area (Å²) in [7, 11) is 0. The summed E-state index contributed by atoms with van der Waals surface area (Å²) in [4.78, 5) is 87.8. The molecular weight excluding hydrogens is 1500 g/mol. The first-order chi connectivity index (χ1) is 44.7. The average molecular weight is 1610 g/mol. The second kappa shape index (κ2) is 49.1. The zero-order valence-corrected chi connectivity index (χ0v) is 69.2. The van der Waals surface area contributed by atoms with Crippen molar-refractivity contribution in [1.82, 2.24) is 0 Å². The molecular formula is C78H112Br3ClCuO14. The van der Waals surface area contributed by atoms with Crippen LogP contribution in [0.2, 0.25) is 0 Å². The van der Waals surface area contributed by atoms with Crippen LogP contribution in [0.15, 0.2) is 72.8 Å². The Morgan fingerprint density at radius 3 is 0.773 bits per heavy atom. The van der Waals surface area contributed by atoms with E-state index in [4.69, 9.17) is 14.2 Å². The first-order valence-electron chi connectivity index (χ1n) is 32.7. The van der Waals surface area contributed by atoms with Gasteiger partial charge in [0.25, 0.3) is 0 Å². The molecule has 0 aliphatic rings. The number of Topliss-reactive ketones (excluding diaryl/α,β-unsaturated/α-hetero) is 3. The maximum absolute atomic E-state index is 11.9. The van der Waals surface area contributed by atoms with Crippen LogP contribution >= 0.6 is 55.8 Å². The van der Waals surface area contributed by atoms with E-state index in [1.54, 1.807) is 32.9 Å². The first-order valence-corrected chi connectivity index (χ1v) is 38.8. The predicted molar refractivity (Wildman–Crippen MR) is 405 cm³/mol. The second-order valence-corrected chi connectivity index (χ2v) is 31.8. The molecule has 0 aliphatic carbocycles. The summed E-state index contributed by atoms with van der Waals surface area (Å²) in [5.74, 6) is 4.39. The summed E-state index contributed by atoms with van der Waals surface area (Å²) in [5.41, 5.74) is 11.6. The molecule has 0 saturated heterocycles. The standard InChI is InChI=1S/C16H21BrO3.C16H22O3.2C14H20O2.C12H18O.C4H8O2.C2H3ClO.2BrH.Cu/c1-9(2)13-6-12(15(19)8-17)7-14(10(3)4)16(13)20-11(5)18;1-9(2)14-7-13(11(5)17)8-15(10(3)4)16(14)19-12(6)18;1-8(2)12-6-11(10(5)15)7-13(9(3)4)14(12)16;1-9(2)12-7-6-8-13(10(3)4)14(12)16-11(5)15;1-8(2)10-6-5-7-11(9(3)4)12(10)13;1-3-6-4(2)5;1-2(3)4;;;/h6-7,9-10H,8H2,1-5H3;7-10H,1-6H3;6-9,16H,1-5H3;6-10H,1-5H3;5-9,13H,1-4H3;3H2,1-2H3;1H3;2*1H;/q;;;;;;;;;+2/p-2. The van der Waals surface area contributed by atoms with Gasteiger partial charge in [-0.3, -0.25) is 38.4 Å². The van der Waals surface area contributed by atoms with E-state index in [2.05, 4.69) is 116 Å². The van der Waals surface area contributed by atoms with Crippen molar-refractivity contribution in [2.75, 3.05) is 11.9 Å². The molecule has 0 heterocycles. The van der Waals surface area contributed by atoms with E-state index in [0.717, 1.165) is 61.4 Å². The number of rotatable bonds is 18. The Hall–Kier alpha value is -5.49. The van der Waals surface area contributed by atoms with E-state index in [-0.39, 0.29) is 87.3 Å². The van der Waals surface area contributed by atoms with Crippen LogP contribution < -0.4 is 14.2 Å². The Bertz CT molecular complexity index is 3180. The van der Waals surface area contributed by atoms with E-state index in [1.807, 2.05) is 144 Å². The molecule has 547 valence electrons. The molecule has 19 heteroatoms. The Kier molecular flexibility index (Phi) is 48.5. The normalized spacial score (nSPS) is 10.5. The minimum atomic E-state index is -0.361. The number of para-hydroxylation sites is 2. The number of ether oxygens (including phenoxy) is 4. The summed E-state index contributed by atoms with van der Waals surface area (Å²) < 4.78 is 20.6. The van der Waals surface area contributed by atoms with Gasteiger partial charge in [0.1, 0.15) is 28.7 Å². The molecule has 0 fully saturated rings. The van der Waals surface area contributed by atoms with Crippen LogP contribution in [-0.2, 0) is 40.1 Å². The monoisotopic (exact) mass is 1610 g/mol. The van der Waals surface area contributed by atoms with Crippen LogP contribution in [0, 0.1) is 0 Å². The zero-order valence-electron chi connectivity index (χ0n) is 62.7. The van der Waals surface area contributed by atoms with Gasteiger partial charge in [-0.2, -0.15) is 0 Å². The Morgan fingerprint density at radius 2 is 0.588 bits per heavy atom. The third-order valence-electron chi connectivity index (χ3n) is 14.2. The van der Waals surface area contributed by atoms with Gasteiger partial charge in [-0.25, -0.2) is 0 Å². The Morgan fingerprint density at radius 1 is 0.381 bits per heavy atom. The molecule has 5 rings (SSSR count). The van der Waals surface area contributed by atoms with E-state index in [9.17, 15) is 48.6 Å². The number of phenolic OH excluding ortho intramolecular Hbond substituents is 2. The van der Waals surface area contributed by atoms with Crippen molar-refractivity contribution in [3.63, 3.8) is 0 Å². The van der Waals surface area contributed by atoms with Gasteiger partial charge in [0.05, 0.1) is 11.9 Å². The van der Waals surface area contributed by atoms with Gasteiger partial charge in [-0.1, -0.05) is 191 Å². The molecule has 0 aromatic heterocycles. The van der Waals surface area contributed by atoms with Crippen molar-refractivity contribution in [2.24, 2.45) is 0 Å². The summed E-state index contributed by atoms with van der Waals surface area (Å²) >= 11 is 15.2. The molecule has 2 N–H and O–H groups in total. The van der Waals surface area contributed by atoms with Gasteiger partial charge < -0.3 is 29.2 Å². The van der Waals surface area contributed by atoms with Gasteiger partial charge in [-0.15, -0.1) is 0 Å². The summed E-state index contributed by atoms with van der Waals surface area (Å²) in [6.45, 7) is 53.3. The third kappa shape index (κ3) is 36.4. The van der Waals surface area contributed by atoms with E-state index >= 15 is 0 Å². The van der Waals surface area contributed by atoms with E-state index < -0.39 is 0 Å². The second-order valence-electron chi connectivity index (χ2n) is 26.0. The van der Waals surface area contributed by atoms with Crippen molar-refractivity contribution >= 4 is 102 Å². The fraction of sp³-hybridized carbons (Fsp3) is 0.513. The molecule has 0 aliphatic heterocycles. The van der Waals surface area contributed by atoms with Crippen LogP contribution in [0.4, 0.5) is 0 Å². The molecule has 97 heavy (non-hydrogen) atoms. The molecule has 5 aromatic rings. The van der Waals surface area contributed by atoms with Gasteiger partial charge >= 0.3 is 63.4 Å². The number of alkyl halides is 1. The van der Waals surface area contributed by atoms with E-state index in [1.165, 1.54) is 46.0 Å². The van der Waals surface area contributed by atoms with Crippen molar-refractivity contribution in [2.45, 2.75) is 253 Å². The summed E-state index contributed by atoms with van der Waals surface area (Å²) in [6, 6.07) is 23.0. The fourth-order valence-corrected chi connectivity index (χ4v) is 9.58. The topological polar surface area (TPSA) is 214 Å². The van der Waals surface area contributed by atoms with E-state index in [0.29, 0.717) is 70.0 Å². The van der Waals surface area contributed by atoms with Crippen molar-refractivity contribution in [1.29, 1.82) is 0 Å². The molecule has 0 radical (unpaired) electrons. The van der Waals surface area contributed by atoms with Gasteiger partial charge in [0.15, 0.2) is 17.3 Å². The average Bonchev–Trinajstić information content (AvgIpc) is 0.824. The number of hydrogen-bond acceptors (Lipinski definition) is 14. The van der Waals surface area contributed by atoms with Crippen LogP contribution in [0.3, 0.4) is 0 Å². The van der Waals surface area contributed by atoms with Gasteiger partial charge in [0, 0.05) is 51.3 Å². The van der Waals surface area contributed by atoms with Crippen molar-refractivity contribution in [3.05, 3.63) is 145 Å². The van der Waals surface area contributed by atoms with Gasteiger partial charge in [-0.05, 0) is 184 Å². The SMILES string of the molecule is CC(=O)Cl.CC(=O)Oc1c(C(C)C)cc(C(=O)CBr)cc1C(C)C.CC(=O)Oc1c(C(C)C)cc(C(C)=O)cc1C(C)C.CC(=O)Oc1c(C(C)C)cccc1C(C)C.CC(=O)c1cc(C(C)C)c(O)c(C(C)C)c1.CC(C)c1cccc(C(C)C)c1O.CCOC(C)=O.[Br][Cu][Br]. The van der Waals surface area contributed by atoms with Crippen molar-refractivity contribution in [3.8, 4) is 28.7 Å². The number of halogens is 4. The van der Waals surface area contributed by atoms with Crippen LogP contribution in [0.25, 0.3) is 0 Å². The number of esters is 4. The van der Waals surface area contributed by atoms with Crippen LogP contribution in [-0.4, -0.2) is 68.6 Å². The molecule has 5 aromatic carbocycles. The number of carbonyl (C=O) groups excluding carboxylic acids is 8. The number of phenols is 2. The molecule has 0 unspecified atom stereocenters. The van der Waals surface area contributed by atoms with Gasteiger partial charge in [0.2, 0.25) is 5.24 Å². The van der Waals surface area contributed by atoms with Crippen LogP contribution in [0.1, 0.15) is 340 Å². The Labute approximate surface area is 615 Å². The molecule has 0 saturated carbocycles. The number of benzene rings is 5. The summed E-state index contributed by atoms with van der Waals surface area (Å²) in [5, 5.41) is 20.0. The van der Waals surface area contributed by atoms with Crippen LogP contribution in [0.5, 0.6) is 28.7 Å². The number of ketones is 3. The predicted octanol–water partition coefficient (Wildman–Crippen LogP) is 22.9. The Balaban J connectivity index is -0.00000109. The maximum atomic E-state index is 11.9. The third-order valence-corrected chi connectivity index (χ3v) is 14.7. The first kappa shape index (κ1) is 95.7. The number of aromatic hydroxyl groups is 2. The molecule has 14 nitrogen and oxygen atoms in total. The number of hydrogen-bond donors (Lipinski definition) is 2. The zero-order chi connectivity index (χ0) is 76.2. The van der Waals surface area contributed by atoms with Crippen molar-refractivity contribution < 1.29 is 78.9 Å². The minimum absolute atomic E-state index is 0.0261. The number of carbonyl (C=O) groups is 8. The molecule has 0 atom stereocenters. The molecule has 0 spiro atoms. The molecule has 0 bridgehead atoms. The molecule has 0 amide bonds. The summed E-state index contributed by atoms with van der Waals surface area (Å²) in [6.07, 6.45) is 0. The fourth-order valence-electron chi connectivity index (χ4n) is 9.25. The quantitative estimate of drug-likeness (QED) is 0.0209.